The predicted octanol–water partition coefficient (Wildman–Crippen LogP) is 3.70. The second-order valence-corrected chi connectivity index (χ2v) is 7.02. The van der Waals surface area contributed by atoms with Gasteiger partial charge in [-0.05, 0) is 25.7 Å². The molecule has 120 valence electrons. The third kappa shape index (κ3) is 3.24. The summed E-state index contributed by atoms with van der Waals surface area (Å²) in [5, 5.41) is 0. The monoisotopic (exact) mass is 294 g/mol. The van der Waals surface area contributed by atoms with Crippen LogP contribution in [0.5, 0.6) is 0 Å². The van der Waals surface area contributed by atoms with Crippen molar-refractivity contribution in [1.29, 1.82) is 0 Å². The number of ether oxygens (including phenoxy) is 2. The summed E-state index contributed by atoms with van der Waals surface area (Å²) < 4.78 is 11.8. The van der Waals surface area contributed by atoms with E-state index in [1.165, 1.54) is 0 Å². The molecule has 0 amide bonds. The predicted molar refractivity (Wildman–Crippen MR) is 87.0 cm³/mol. The van der Waals surface area contributed by atoms with Crippen molar-refractivity contribution in [2.75, 3.05) is 13.2 Å². The van der Waals surface area contributed by atoms with E-state index in [-0.39, 0.29) is 17.5 Å². The molecule has 4 atom stereocenters. The number of hydrogen-bond donors (Lipinski definition) is 0. The summed E-state index contributed by atoms with van der Waals surface area (Å²) >= 11 is 0. The summed E-state index contributed by atoms with van der Waals surface area (Å²) in [6.07, 6.45) is 2.25. The molecule has 0 bridgehead atoms. The number of rotatable bonds is 6. The number of hydrogen-bond acceptors (Lipinski definition) is 4. The Bertz CT molecular complexity index is 391. The van der Waals surface area contributed by atoms with Crippen molar-refractivity contribution >= 4 is 11.8 Å². The maximum atomic E-state index is 5.88. The molecule has 0 aliphatic carbocycles. The van der Waals surface area contributed by atoms with Gasteiger partial charge in [-0.1, -0.05) is 40.5 Å². The van der Waals surface area contributed by atoms with Crippen LogP contribution in [-0.4, -0.2) is 37.1 Å². The first-order valence-electron chi connectivity index (χ1n) is 8.32. The van der Waals surface area contributed by atoms with Crippen molar-refractivity contribution in [3.05, 3.63) is 0 Å². The molecule has 0 radical (unpaired) electrons. The Morgan fingerprint density at radius 1 is 0.952 bits per heavy atom. The second kappa shape index (κ2) is 6.37. The molecule has 0 spiro atoms. The van der Waals surface area contributed by atoms with E-state index in [0.29, 0.717) is 25.0 Å². The molecule has 0 saturated carbocycles. The van der Waals surface area contributed by atoms with E-state index < -0.39 is 0 Å². The van der Waals surface area contributed by atoms with Crippen molar-refractivity contribution in [2.24, 2.45) is 27.2 Å². The van der Waals surface area contributed by atoms with E-state index in [2.05, 4.69) is 41.5 Å². The third-order valence-corrected chi connectivity index (χ3v) is 5.02. The molecule has 4 nitrogen and oxygen atoms in total. The van der Waals surface area contributed by atoms with Crippen molar-refractivity contribution in [1.82, 2.24) is 0 Å². The minimum atomic E-state index is -0.357. The molecule has 0 aromatic carbocycles. The highest BCUT2D eigenvalue weighted by molar-refractivity contribution is 6.05. The van der Waals surface area contributed by atoms with Gasteiger partial charge in [-0.15, -0.1) is 0 Å². The Labute approximate surface area is 129 Å². The first-order chi connectivity index (χ1) is 9.90. The van der Waals surface area contributed by atoms with Gasteiger partial charge in [0.1, 0.15) is 18.6 Å². The SMILES string of the molecule is CC[C@H](C)[C@@H]1COC(C(C)(C)C2=N[C@H]([C@@H](C)CC)CO2)=N1. The van der Waals surface area contributed by atoms with Gasteiger partial charge in [0.05, 0.1) is 12.1 Å². The smallest absolute Gasteiger partial charge is 0.199 e. The molecule has 21 heavy (non-hydrogen) atoms. The second-order valence-electron chi connectivity index (χ2n) is 7.02. The summed E-state index contributed by atoms with van der Waals surface area (Å²) in [6.45, 7) is 14.4. The molecule has 0 aromatic rings. The van der Waals surface area contributed by atoms with Crippen molar-refractivity contribution < 1.29 is 9.47 Å². The number of nitrogens with zero attached hydrogens (tertiary/aromatic N) is 2. The molecular formula is C17H30N2O2. The Morgan fingerprint density at radius 2 is 1.33 bits per heavy atom. The molecule has 0 unspecified atom stereocenters. The van der Waals surface area contributed by atoms with Gasteiger partial charge in [-0.25, -0.2) is 9.98 Å². The summed E-state index contributed by atoms with van der Waals surface area (Å²) in [4.78, 5) is 9.60. The van der Waals surface area contributed by atoms with E-state index in [0.717, 1.165) is 24.6 Å². The zero-order valence-corrected chi connectivity index (χ0v) is 14.3. The van der Waals surface area contributed by atoms with Crippen LogP contribution in [0.4, 0.5) is 0 Å². The Balaban J connectivity index is 2.12. The van der Waals surface area contributed by atoms with Gasteiger partial charge in [-0.2, -0.15) is 0 Å². The van der Waals surface area contributed by atoms with Gasteiger partial charge in [0, 0.05) is 0 Å². The lowest BCUT2D eigenvalue weighted by molar-refractivity contribution is 0.244. The van der Waals surface area contributed by atoms with Gasteiger partial charge in [0.25, 0.3) is 0 Å². The molecule has 2 heterocycles. The molecule has 0 N–H and O–H groups in total. The average molecular weight is 294 g/mol. The highest BCUT2D eigenvalue weighted by atomic mass is 16.5. The summed E-state index contributed by atoms with van der Waals surface area (Å²) in [6, 6.07) is 0.549. The van der Waals surface area contributed by atoms with E-state index in [4.69, 9.17) is 19.5 Å². The minimum Gasteiger partial charge on any atom is -0.478 e. The Hall–Kier alpha value is -1.06. The fourth-order valence-electron chi connectivity index (χ4n) is 2.68. The van der Waals surface area contributed by atoms with Crippen LogP contribution in [0.2, 0.25) is 0 Å². The van der Waals surface area contributed by atoms with Gasteiger partial charge >= 0.3 is 0 Å². The molecule has 0 aromatic heterocycles. The third-order valence-electron chi connectivity index (χ3n) is 5.02. The van der Waals surface area contributed by atoms with E-state index in [1.807, 2.05) is 0 Å². The van der Waals surface area contributed by atoms with E-state index >= 15 is 0 Å². The van der Waals surface area contributed by atoms with E-state index in [9.17, 15) is 0 Å². The largest absolute Gasteiger partial charge is 0.478 e. The normalized spacial score (nSPS) is 28.5. The maximum absolute atomic E-state index is 5.88. The molecule has 4 heteroatoms. The quantitative estimate of drug-likeness (QED) is 0.749. The summed E-state index contributed by atoms with van der Waals surface area (Å²) in [5.41, 5.74) is -0.357. The maximum Gasteiger partial charge on any atom is 0.199 e. The molecule has 2 aliphatic rings. The fraction of sp³-hybridized carbons (Fsp3) is 0.882. The lowest BCUT2D eigenvalue weighted by Gasteiger charge is -2.22. The number of aliphatic imine (C=N–C) groups is 2. The lowest BCUT2D eigenvalue weighted by atomic mass is 9.92. The van der Waals surface area contributed by atoms with Gasteiger partial charge < -0.3 is 9.47 Å². The van der Waals surface area contributed by atoms with Gasteiger partial charge in [0.2, 0.25) is 0 Å². The lowest BCUT2D eigenvalue weighted by Crippen LogP contribution is -2.34. The molecule has 2 aliphatic heterocycles. The standard InChI is InChI=1S/C17H30N2O2/c1-7-11(3)13-9-20-15(18-13)17(5,6)16-19-14(10-21-16)12(4)8-2/h11-14H,7-10H2,1-6H3/t11-,12-,13-,14-/m0/s1. The zero-order chi connectivity index (χ0) is 15.6. The minimum absolute atomic E-state index is 0.275. The van der Waals surface area contributed by atoms with Crippen molar-refractivity contribution in [3.8, 4) is 0 Å². The van der Waals surface area contributed by atoms with Crippen LogP contribution in [0.3, 0.4) is 0 Å². The van der Waals surface area contributed by atoms with Crippen molar-refractivity contribution in [3.63, 3.8) is 0 Å². The fourth-order valence-corrected chi connectivity index (χ4v) is 2.68. The van der Waals surface area contributed by atoms with E-state index in [1.54, 1.807) is 0 Å². The van der Waals surface area contributed by atoms with Crippen LogP contribution in [0.15, 0.2) is 9.98 Å². The van der Waals surface area contributed by atoms with Crippen LogP contribution in [-0.2, 0) is 9.47 Å². The van der Waals surface area contributed by atoms with Crippen LogP contribution in [0, 0.1) is 17.3 Å². The Kier molecular flexibility index (Phi) is 4.95. The zero-order valence-electron chi connectivity index (χ0n) is 14.3. The van der Waals surface area contributed by atoms with Crippen LogP contribution in [0.25, 0.3) is 0 Å². The average Bonchev–Trinajstić information content (AvgIpc) is 3.14. The molecule has 0 fully saturated rings. The van der Waals surface area contributed by atoms with Crippen LogP contribution < -0.4 is 0 Å². The van der Waals surface area contributed by atoms with Gasteiger partial charge in [-0.3, -0.25) is 0 Å². The van der Waals surface area contributed by atoms with Gasteiger partial charge in [0.15, 0.2) is 11.8 Å². The topological polar surface area (TPSA) is 43.2 Å². The van der Waals surface area contributed by atoms with Crippen LogP contribution in [0.1, 0.15) is 54.4 Å². The first kappa shape index (κ1) is 16.3. The Morgan fingerprint density at radius 3 is 1.67 bits per heavy atom. The summed E-state index contributed by atoms with van der Waals surface area (Å²) in [5.74, 6) is 2.68. The first-order valence-corrected chi connectivity index (χ1v) is 8.32. The summed E-state index contributed by atoms with van der Waals surface area (Å²) in [7, 11) is 0. The highest BCUT2D eigenvalue weighted by Crippen LogP contribution is 2.32. The molecule has 0 saturated heterocycles. The van der Waals surface area contributed by atoms with Crippen molar-refractivity contribution in [2.45, 2.75) is 66.5 Å². The molecule has 2 rings (SSSR count). The van der Waals surface area contributed by atoms with Crippen LogP contribution >= 0.6 is 0 Å². The highest BCUT2D eigenvalue weighted by Gasteiger charge is 2.42. The molecular weight excluding hydrogens is 264 g/mol.